The minimum Gasteiger partial charge on any atom is -0.479 e. The van der Waals surface area contributed by atoms with Gasteiger partial charge in [-0.2, -0.15) is 0 Å². The predicted octanol–water partition coefficient (Wildman–Crippen LogP) is 2.97. The molecule has 19 heavy (non-hydrogen) atoms. The molecule has 0 spiro atoms. The molecule has 0 aliphatic rings. The van der Waals surface area contributed by atoms with Gasteiger partial charge in [0.2, 0.25) is 5.91 Å². The van der Waals surface area contributed by atoms with Crippen LogP contribution in [0.15, 0.2) is 22.7 Å². The SMILES string of the molecule is CC(=O)N(C(C)C)C(C(=O)O)c1cc(F)ccc1Br. The van der Waals surface area contributed by atoms with Gasteiger partial charge in [-0.1, -0.05) is 15.9 Å². The van der Waals surface area contributed by atoms with E-state index in [1.54, 1.807) is 13.8 Å². The molecule has 0 saturated heterocycles. The van der Waals surface area contributed by atoms with Gasteiger partial charge in [-0.15, -0.1) is 0 Å². The van der Waals surface area contributed by atoms with Crippen molar-refractivity contribution in [2.45, 2.75) is 32.9 Å². The Bertz CT molecular complexity index is 505. The van der Waals surface area contributed by atoms with E-state index in [-0.39, 0.29) is 17.5 Å². The summed E-state index contributed by atoms with van der Waals surface area (Å²) in [6, 6.07) is 2.25. The molecule has 1 aromatic rings. The summed E-state index contributed by atoms with van der Waals surface area (Å²) in [7, 11) is 0. The van der Waals surface area contributed by atoms with E-state index in [2.05, 4.69) is 15.9 Å². The number of halogens is 2. The number of hydrogen-bond acceptors (Lipinski definition) is 2. The number of amides is 1. The summed E-state index contributed by atoms with van der Waals surface area (Å²) in [5.74, 6) is -2.12. The van der Waals surface area contributed by atoms with Crippen LogP contribution in [-0.2, 0) is 9.59 Å². The summed E-state index contributed by atoms with van der Waals surface area (Å²) in [5, 5.41) is 9.37. The van der Waals surface area contributed by atoms with Crippen molar-refractivity contribution in [1.29, 1.82) is 0 Å². The van der Waals surface area contributed by atoms with Gasteiger partial charge in [0.1, 0.15) is 5.82 Å². The third-order valence-electron chi connectivity index (χ3n) is 2.68. The molecule has 0 fully saturated rings. The third-order valence-corrected chi connectivity index (χ3v) is 3.41. The number of carboxylic acids is 1. The van der Waals surface area contributed by atoms with Gasteiger partial charge in [-0.25, -0.2) is 9.18 Å². The molecule has 1 aromatic carbocycles. The van der Waals surface area contributed by atoms with Crippen LogP contribution in [0.5, 0.6) is 0 Å². The van der Waals surface area contributed by atoms with Crippen molar-refractivity contribution in [2.24, 2.45) is 0 Å². The maximum Gasteiger partial charge on any atom is 0.331 e. The lowest BCUT2D eigenvalue weighted by Crippen LogP contribution is -2.42. The molecule has 1 atom stereocenters. The molecule has 0 aromatic heterocycles. The maximum atomic E-state index is 13.3. The van der Waals surface area contributed by atoms with E-state index in [9.17, 15) is 19.1 Å². The second-order valence-electron chi connectivity index (χ2n) is 4.43. The van der Waals surface area contributed by atoms with Crippen LogP contribution in [0.2, 0.25) is 0 Å². The lowest BCUT2D eigenvalue weighted by atomic mass is 10.0. The Labute approximate surface area is 119 Å². The lowest BCUT2D eigenvalue weighted by Gasteiger charge is -2.32. The van der Waals surface area contributed by atoms with Crippen LogP contribution in [0.3, 0.4) is 0 Å². The number of nitrogens with zero attached hydrogens (tertiary/aromatic N) is 1. The first kappa shape index (κ1) is 15.6. The van der Waals surface area contributed by atoms with E-state index in [0.29, 0.717) is 4.47 Å². The average molecular weight is 332 g/mol. The van der Waals surface area contributed by atoms with Gasteiger partial charge in [-0.3, -0.25) is 4.79 Å². The van der Waals surface area contributed by atoms with E-state index < -0.39 is 17.8 Å². The quantitative estimate of drug-likeness (QED) is 0.922. The minimum atomic E-state index is -1.22. The molecule has 0 aliphatic heterocycles. The highest BCUT2D eigenvalue weighted by Gasteiger charge is 2.32. The van der Waals surface area contributed by atoms with Crippen molar-refractivity contribution in [3.63, 3.8) is 0 Å². The van der Waals surface area contributed by atoms with Gasteiger partial charge in [0, 0.05) is 23.0 Å². The van der Waals surface area contributed by atoms with Gasteiger partial charge in [0.05, 0.1) is 0 Å². The van der Waals surface area contributed by atoms with E-state index in [4.69, 9.17) is 0 Å². The normalized spacial score (nSPS) is 12.3. The van der Waals surface area contributed by atoms with Gasteiger partial charge in [0.25, 0.3) is 0 Å². The second kappa shape index (κ2) is 6.14. The molecule has 4 nitrogen and oxygen atoms in total. The van der Waals surface area contributed by atoms with Crippen molar-refractivity contribution in [3.05, 3.63) is 34.1 Å². The second-order valence-corrected chi connectivity index (χ2v) is 5.28. The van der Waals surface area contributed by atoms with Crippen molar-refractivity contribution >= 4 is 27.8 Å². The highest BCUT2D eigenvalue weighted by Crippen LogP contribution is 2.30. The van der Waals surface area contributed by atoms with Crippen molar-refractivity contribution in [2.75, 3.05) is 0 Å². The summed E-state index contributed by atoms with van der Waals surface area (Å²) in [4.78, 5) is 24.3. The highest BCUT2D eigenvalue weighted by molar-refractivity contribution is 9.10. The number of carbonyl (C=O) groups is 2. The van der Waals surface area contributed by atoms with Crippen LogP contribution in [-0.4, -0.2) is 27.9 Å². The fourth-order valence-electron chi connectivity index (χ4n) is 1.97. The Morgan fingerprint density at radius 1 is 1.37 bits per heavy atom. The predicted molar refractivity (Wildman–Crippen MR) is 72.1 cm³/mol. The Morgan fingerprint density at radius 3 is 2.37 bits per heavy atom. The third kappa shape index (κ3) is 3.53. The number of carboxylic acid groups (broad SMARTS) is 1. The fraction of sp³-hybridized carbons (Fsp3) is 0.385. The zero-order valence-electron chi connectivity index (χ0n) is 10.9. The molecule has 6 heteroatoms. The van der Waals surface area contributed by atoms with Crippen LogP contribution in [0.4, 0.5) is 4.39 Å². The van der Waals surface area contributed by atoms with Gasteiger partial charge in [0.15, 0.2) is 6.04 Å². The summed E-state index contributed by atoms with van der Waals surface area (Å²) in [6.07, 6.45) is 0. The monoisotopic (exact) mass is 331 g/mol. The molecule has 1 unspecified atom stereocenters. The number of aliphatic carboxylic acids is 1. The van der Waals surface area contributed by atoms with Crippen molar-refractivity contribution in [1.82, 2.24) is 4.90 Å². The standard InChI is InChI=1S/C13H15BrFNO3/c1-7(2)16(8(3)17)12(13(18)19)10-6-9(15)4-5-11(10)14/h4-7,12H,1-3H3,(H,18,19). The Hall–Kier alpha value is -1.43. The zero-order valence-corrected chi connectivity index (χ0v) is 12.4. The maximum absolute atomic E-state index is 13.3. The molecule has 104 valence electrons. The Morgan fingerprint density at radius 2 is 1.95 bits per heavy atom. The topological polar surface area (TPSA) is 57.6 Å². The molecule has 0 radical (unpaired) electrons. The number of carbonyl (C=O) groups excluding carboxylic acids is 1. The van der Waals surface area contributed by atoms with Gasteiger partial charge < -0.3 is 10.0 Å². The first-order chi connectivity index (χ1) is 8.75. The molecular weight excluding hydrogens is 317 g/mol. The molecule has 0 bridgehead atoms. The van der Waals surface area contributed by atoms with Crippen molar-refractivity contribution in [3.8, 4) is 0 Å². The highest BCUT2D eigenvalue weighted by atomic mass is 79.9. The molecule has 1 amide bonds. The first-order valence-electron chi connectivity index (χ1n) is 5.72. The summed E-state index contributed by atoms with van der Waals surface area (Å²) in [5.41, 5.74) is 0.219. The zero-order chi connectivity index (χ0) is 14.7. The van der Waals surface area contributed by atoms with Crippen molar-refractivity contribution < 1.29 is 19.1 Å². The Kier molecular flexibility index (Phi) is 5.05. The number of rotatable bonds is 4. The van der Waals surface area contributed by atoms with Gasteiger partial charge >= 0.3 is 5.97 Å². The van der Waals surface area contributed by atoms with E-state index in [0.717, 1.165) is 6.07 Å². The summed E-state index contributed by atoms with van der Waals surface area (Å²) in [6.45, 7) is 4.72. The lowest BCUT2D eigenvalue weighted by molar-refractivity contribution is -0.151. The molecule has 1 N–H and O–H groups in total. The fourth-order valence-corrected chi connectivity index (χ4v) is 2.43. The van der Waals surface area contributed by atoms with Gasteiger partial charge in [-0.05, 0) is 32.0 Å². The van der Waals surface area contributed by atoms with Crippen LogP contribution in [0.1, 0.15) is 32.4 Å². The van der Waals surface area contributed by atoms with E-state index >= 15 is 0 Å². The summed E-state index contributed by atoms with van der Waals surface area (Å²) < 4.78 is 13.8. The number of benzene rings is 1. The minimum absolute atomic E-state index is 0.219. The van der Waals surface area contributed by atoms with Crippen LogP contribution in [0.25, 0.3) is 0 Å². The Balaban J connectivity index is 3.38. The molecule has 0 aliphatic carbocycles. The van der Waals surface area contributed by atoms with Crippen LogP contribution in [0, 0.1) is 5.82 Å². The van der Waals surface area contributed by atoms with E-state index in [1.165, 1.54) is 24.0 Å². The average Bonchev–Trinajstić information content (AvgIpc) is 2.27. The first-order valence-corrected chi connectivity index (χ1v) is 6.51. The smallest absolute Gasteiger partial charge is 0.331 e. The van der Waals surface area contributed by atoms with Crippen LogP contribution >= 0.6 is 15.9 Å². The van der Waals surface area contributed by atoms with E-state index in [1.807, 2.05) is 0 Å². The molecule has 0 heterocycles. The summed E-state index contributed by atoms with van der Waals surface area (Å²) >= 11 is 3.20. The largest absolute Gasteiger partial charge is 0.479 e. The molecule has 1 rings (SSSR count). The van der Waals surface area contributed by atoms with Crippen LogP contribution < -0.4 is 0 Å². The number of hydrogen-bond donors (Lipinski definition) is 1. The molecular formula is C13H15BrFNO3. The molecule has 0 saturated carbocycles.